The zero-order valence-corrected chi connectivity index (χ0v) is 13.4. The molecule has 0 aliphatic heterocycles. The Labute approximate surface area is 128 Å². The molecule has 0 saturated heterocycles. The second-order valence-electron chi connectivity index (χ2n) is 8.61. The Morgan fingerprint density at radius 1 is 1.05 bits per heavy atom. The molecule has 2 heteroatoms. The highest BCUT2D eigenvalue weighted by molar-refractivity contribution is 5.91. The third-order valence-corrected chi connectivity index (χ3v) is 7.91. The number of carbonyl (C=O) groups is 1. The molecule has 0 aromatic carbocycles. The normalized spacial score (nSPS) is 52.7. The van der Waals surface area contributed by atoms with Gasteiger partial charge in [0.25, 0.3) is 0 Å². The fourth-order valence-corrected chi connectivity index (χ4v) is 6.53. The summed E-state index contributed by atoms with van der Waals surface area (Å²) < 4.78 is 0. The predicted octanol–water partition coefficient (Wildman–Crippen LogP) is 3.88. The van der Waals surface area contributed by atoms with Gasteiger partial charge in [-0.05, 0) is 79.6 Å². The van der Waals surface area contributed by atoms with Crippen molar-refractivity contribution in [2.75, 3.05) is 0 Å². The standard InChI is InChI=1S/C19H28O2/c1-18-9-7-13(20)11-12(18)3-4-14-15-5-6-17(21)19(15,2)10-8-16(14)18/h11,14-17,21H,3-10H2,1-2H3/t14-,15-,16+,17-,18+,19-/m0/s1. The highest BCUT2D eigenvalue weighted by Crippen LogP contribution is 2.65. The van der Waals surface area contributed by atoms with Crippen LogP contribution >= 0.6 is 0 Å². The lowest BCUT2D eigenvalue weighted by Crippen LogP contribution is -2.51. The van der Waals surface area contributed by atoms with Gasteiger partial charge in [-0.15, -0.1) is 0 Å². The first-order valence-corrected chi connectivity index (χ1v) is 8.87. The summed E-state index contributed by atoms with van der Waals surface area (Å²) in [6.45, 7) is 4.76. The minimum atomic E-state index is -0.0823. The van der Waals surface area contributed by atoms with E-state index in [4.69, 9.17) is 0 Å². The lowest BCUT2D eigenvalue weighted by Gasteiger charge is -2.57. The van der Waals surface area contributed by atoms with Gasteiger partial charge < -0.3 is 5.11 Å². The molecule has 1 N–H and O–H groups in total. The van der Waals surface area contributed by atoms with Crippen LogP contribution in [-0.4, -0.2) is 17.0 Å². The fraction of sp³-hybridized carbons (Fsp3) is 0.842. The third-order valence-electron chi connectivity index (χ3n) is 7.91. The molecule has 0 spiro atoms. The van der Waals surface area contributed by atoms with Crippen molar-refractivity contribution in [1.29, 1.82) is 0 Å². The molecule has 0 unspecified atom stereocenters. The van der Waals surface area contributed by atoms with Crippen LogP contribution in [0.5, 0.6) is 0 Å². The molecule has 0 heterocycles. The molecule has 0 radical (unpaired) electrons. The average Bonchev–Trinajstić information content (AvgIpc) is 2.76. The zero-order chi connectivity index (χ0) is 14.8. The second-order valence-corrected chi connectivity index (χ2v) is 8.61. The van der Waals surface area contributed by atoms with Gasteiger partial charge in [0.2, 0.25) is 0 Å². The van der Waals surface area contributed by atoms with Crippen molar-refractivity contribution in [2.45, 2.75) is 71.3 Å². The van der Waals surface area contributed by atoms with Gasteiger partial charge in [0, 0.05) is 6.42 Å². The van der Waals surface area contributed by atoms with Gasteiger partial charge in [0.15, 0.2) is 5.78 Å². The third kappa shape index (κ3) is 1.78. The van der Waals surface area contributed by atoms with Crippen LogP contribution in [0.3, 0.4) is 0 Å². The van der Waals surface area contributed by atoms with E-state index in [0.29, 0.717) is 11.7 Å². The molecule has 0 aromatic heterocycles. The van der Waals surface area contributed by atoms with Crippen LogP contribution in [0.2, 0.25) is 0 Å². The number of ketones is 1. The summed E-state index contributed by atoms with van der Waals surface area (Å²) in [6, 6.07) is 0. The van der Waals surface area contributed by atoms with Gasteiger partial charge in [0.05, 0.1) is 6.10 Å². The maximum atomic E-state index is 11.8. The van der Waals surface area contributed by atoms with Crippen LogP contribution in [0.15, 0.2) is 11.6 Å². The van der Waals surface area contributed by atoms with E-state index < -0.39 is 0 Å². The summed E-state index contributed by atoms with van der Waals surface area (Å²) in [5.74, 6) is 2.57. The van der Waals surface area contributed by atoms with Crippen molar-refractivity contribution in [3.63, 3.8) is 0 Å². The van der Waals surface area contributed by atoms with Crippen molar-refractivity contribution in [1.82, 2.24) is 0 Å². The first-order chi connectivity index (χ1) is 9.95. The largest absolute Gasteiger partial charge is 0.393 e. The lowest BCUT2D eigenvalue weighted by atomic mass is 9.47. The molecule has 4 aliphatic carbocycles. The summed E-state index contributed by atoms with van der Waals surface area (Å²) in [7, 11) is 0. The predicted molar refractivity (Wildman–Crippen MR) is 82.7 cm³/mol. The quantitative estimate of drug-likeness (QED) is 0.734. The highest BCUT2D eigenvalue weighted by atomic mass is 16.3. The minimum absolute atomic E-state index is 0.0823. The van der Waals surface area contributed by atoms with Gasteiger partial charge >= 0.3 is 0 Å². The van der Waals surface area contributed by atoms with E-state index in [9.17, 15) is 9.90 Å². The molecule has 4 aliphatic rings. The Morgan fingerprint density at radius 3 is 2.67 bits per heavy atom. The number of carbonyl (C=O) groups excluding carboxylic acids is 1. The maximum Gasteiger partial charge on any atom is 0.155 e. The van der Waals surface area contributed by atoms with Gasteiger partial charge in [0.1, 0.15) is 0 Å². The molecule has 2 nitrogen and oxygen atoms in total. The Kier molecular flexibility index (Phi) is 2.96. The zero-order valence-electron chi connectivity index (χ0n) is 13.4. The van der Waals surface area contributed by atoms with Crippen molar-refractivity contribution < 1.29 is 9.90 Å². The summed E-state index contributed by atoms with van der Waals surface area (Å²) in [5, 5.41) is 10.4. The number of aliphatic hydroxyl groups is 1. The molecule has 21 heavy (non-hydrogen) atoms. The van der Waals surface area contributed by atoms with E-state index in [1.54, 1.807) is 0 Å². The smallest absolute Gasteiger partial charge is 0.155 e. The van der Waals surface area contributed by atoms with E-state index in [1.807, 2.05) is 6.08 Å². The molecule has 0 bridgehead atoms. The van der Waals surface area contributed by atoms with E-state index >= 15 is 0 Å². The Hall–Kier alpha value is -0.630. The molecule has 6 atom stereocenters. The summed E-state index contributed by atoms with van der Waals surface area (Å²) in [4.78, 5) is 11.8. The summed E-state index contributed by atoms with van der Waals surface area (Å²) in [5.41, 5.74) is 1.89. The maximum absolute atomic E-state index is 11.8. The van der Waals surface area contributed by atoms with Crippen molar-refractivity contribution in [3.8, 4) is 0 Å². The molecule has 4 rings (SSSR count). The van der Waals surface area contributed by atoms with Crippen LogP contribution in [0.1, 0.15) is 65.2 Å². The monoisotopic (exact) mass is 288 g/mol. The van der Waals surface area contributed by atoms with E-state index in [-0.39, 0.29) is 16.9 Å². The van der Waals surface area contributed by atoms with E-state index in [0.717, 1.165) is 37.5 Å². The topological polar surface area (TPSA) is 37.3 Å². The van der Waals surface area contributed by atoms with Crippen molar-refractivity contribution in [3.05, 3.63) is 11.6 Å². The molecular formula is C19H28O2. The number of hydrogen-bond acceptors (Lipinski definition) is 2. The molecule has 3 saturated carbocycles. The molecular weight excluding hydrogens is 260 g/mol. The number of allylic oxidation sites excluding steroid dienone is 1. The van der Waals surface area contributed by atoms with Crippen LogP contribution in [0.25, 0.3) is 0 Å². The summed E-state index contributed by atoms with van der Waals surface area (Å²) >= 11 is 0. The van der Waals surface area contributed by atoms with Crippen LogP contribution < -0.4 is 0 Å². The highest BCUT2D eigenvalue weighted by Gasteiger charge is 2.58. The lowest BCUT2D eigenvalue weighted by molar-refractivity contribution is -0.118. The van der Waals surface area contributed by atoms with E-state index in [1.165, 1.54) is 31.3 Å². The van der Waals surface area contributed by atoms with Crippen molar-refractivity contribution in [2.24, 2.45) is 28.6 Å². The van der Waals surface area contributed by atoms with Gasteiger partial charge in [-0.1, -0.05) is 19.4 Å². The van der Waals surface area contributed by atoms with Crippen LogP contribution in [0.4, 0.5) is 0 Å². The Bertz CT molecular complexity index is 508. The SMILES string of the molecule is C[C@]12CC[C@@H]3[C@@H](CCC4=CC(=O)CC[C@]43C)[C@@H]1CC[C@@H]2O. The molecule has 116 valence electrons. The van der Waals surface area contributed by atoms with Gasteiger partial charge in [-0.2, -0.15) is 0 Å². The first-order valence-electron chi connectivity index (χ1n) is 8.87. The molecule has 0 aromatic rings. The number of rotatable bonds is 0. The van der Waals surface area contributed by atoms with E-state index in [2.05, 4.69) is 13.8 Å². The minimum Gasteiger partial charge on any atom is -0.393 e. The molecule has 0 amide bonds. The summed E-state index contributed by atoms with van der Waals surface area (Å²) in [6.07, 6.45) is 10.7. The average molecular weight is 288 g/mol. The number of hydrogen-bond donors (Lipinski definition) is 1. The van der Waals surface area contributed by atoms with Crippen LogP contribution in [0, 0.1) is 28.6 Å². The first kappa shape index (κ1) is 14.0. The number of fused-ring (bicyclic) bond motifs is 5. The van der Waals surface area contributed by atoms with Crippen LogP contribution in [-0.2, 0) is 4.79 Å². The Morgan fingerprint density at radius 2 is 1.86 bits per heavy atom. The fourth-order valence-electron chi connectivity index (χ4n) is 6.53. The second kappa shape index (κ2) is 4.44. The van der Waals surface area contributed by atoms with Gasteiger partial charge in [-0.25, -0.2) is 0 Å². The molecule has 3 fully saturated rings. The van der Waals surface area contributed by atoms with Gasteiger partial charge in [-0.3, -0.25) is 4.79 Å². The number of aliphatic hydroxyl groups excluding tert-OH is 1. The Balaban J connectivity index is 1.69. The van der Waals surface area contributed by atoms with Crippen molar-refractivity contribution >= 4 is 5.78 Å².